The van der Waals surface area contributed by atoms with Crippen LogP contribution in [0.3, 0.4) is 0 Å². The van der Waals surface area contributed by atoms with E-state index >= 15 is 0 Å². The molecule has 2 aliphatic heterocycles. The van der Waals surface area contributed by atoms with Crippen molar-refractivity contribution in [2.45, 2.75) is 19.3 Å². The van der Waals surface area contributed by atoms with E-state index in [1.807, 2.05) is 0 Å². The van der Waals surface area contributed by atoms with Crippen molar-refractivity contribution in [2.75, 3.05) is 39.3 Å². The summed E-state index contributed by atoms with van der Waals surface area (Å²) in [5.41, 5.74) is 0. The zero-order valence-electron chi connectivity index (χ0n) is 10.6. The molecular formula is C12H21N3O3. The van der Waals surface area contributed by atoms with Gasteiger partial charge in [0.05, 0.1) is 5.92 Å². The standard InChI is InChI=1S/C12H21N3O3/c16-11(17)10-8-15(9-10)12(18)13-4-7-14-5-2-1-3-6-14/h10H,1-9H2,(H,13,18)(H,16,17). The number of nitrogens with zero attached hydrogens (tertiary/aromatic N) is 2. The van der Waals surface area contributed by atoms with Crippen LogP contribution in [-0.4, -0.2) is 66.2 Å². The van der Waals surface area contributed by atoms with Crippen LogP contribution in [0.5, 0.6) is 0 Å². The Balaban J connectivity index is 1.57. The fraction of sp³-hybridized carbons (Fsp3) is 0.833. The summed E-state index contributed by atoms with van der Waals surface area (Å²) in [5.74, 6) is -1.19. The van der Waals surface area contributed by atoms with Crippen LogP contribution >= 0.6 is 0 Å². The van der Waals surface area contributed by atoms with Gasteiger partial charge in [-0.2, -0.15) is 0 Å². The third-order valence-electron chi connectivity index (χ3n) is 3.67. The Hall–Kier alpha value is -1.30. The topological polar surface area (TPSA) is 72.9 Å². The summed E-state index contributed by atoms with van der Waals surface area (Å²) in [6, 6.07) is -0.135. The van der Waals surface area contributed by atoms with Gasteiger partial charge in [0.1, 0.15) is 0 Å². The normalized spacial score (nSPS) is 21.4. The van der Waals surface area contributed by atoms with Gasteiger partial charge < -0.3 is 20.2 Å². The predicted octanol–water partition coefficient (Wildman–Crippen LogP) is 0.198. The third kappa shape index (κ3) is 3.35. The van der Waals surface area contributed by atoms with Crippen molar-refractivity contribution in [1.82, 2.24) is 15.1 Å². The lowest BCUT2D eigenvalue weighted by atomic mass is 10.0. The summed E-state index contributed by atoms with van der Waals surface area (Å²) in [6.45, 7) is 4.46. The van der Waals surface area contributed by atoms with Gasteiger partial charge in [0.15, 0.2) is 0 Å². The van der Waals surface area contributed by atoms with Crippen molar-refractivity contribution in [3.05, 3.63) is 0 Å². The largest absolute Gasteiger partial charge is 0.481 e. The Labute approximate surface area is 107 Å². The molecule has 0 aromatic heterocycles. The maximum atomic E-state index is 11.6. The van der Waals surface area contributed by atoms with E-state index in [-0.39, 0.29) is 11.9 Å². The minimum atomic E-state index is -0.813. The molecule has 0 bridgehead atoms. The van der Waals surface area contributed by atoms with E-state index in [0.29, 0.717) is 19.6 Å². The molecule has 0 saturated carbocycles. The first-order valence-corrected chi connectivity index (χ1v) is 6.65. The molecule has 0 spiro atoms. The predicted molar refractivity (Wildman–Crippen MR) is 66.4 cm³/mol. The van der Waals surface area contributed by atoms with Crippen molar-refractivity contribution >= 4 is 12.0 Å². The van der Waals surface area contributed by atoms with Crippen LogP contribution in [0.4, 0.5) is 4.79 Å². The fourth-order valence-corrected chi connectivity index (χ4v) is 2.42. The molecule has 0 unspecified atom stereocenters. The van der Waals surface area contributed by atoms with Crippen LogP contribution in [-0.2, 0) is 4.79 Å². The van der Waals surface area contributed by atoms with E-state index < -0.39 is 5.97 Å². The average Bonchev–Trinajstić information content (AvgIpc) is 2.28. The number of nitrogens with one attached hydrogen (secondary N) is 1. The highest BCUT2D eigenvalue weighted by Crippen LogP contribution is 2.15. The number of hydrogen-bond donors (Lipinski definition) is 2. The summed E-state index contributed by atoms with van der Waals surface area (Å²) >= 11 is 0. The monoisotopic (exact) mass is 255 g/mol. The number of carboxylic acids is 1. The average molecular weight is 255 g/mol. The first-order valence-electron chi connectivity index (χ1n) is 6.65. The van der Waals surface area contributed by atoms with Crippen molar-refractivity contribution in [1.29, 1.82) is 0 Å². The number of aliphatic carboxylic acids is 1. The highest BCUT2D eigenvalue weighted by atomic mass is 16.4. The number of rotatable bonds is 4. The SMILES string of the molecule is O=C(O)C1CN(C(=O)NCCN2CCCCC2)C1. The van der Waals surface area contributed by atoms with Crippen LogP contribution in [0.25, 0.3) is 0 Å². The molecule has 2 N–H and O–H groups in total. The number of piperidine rings is 1. The number of carbonyl (C=O) groups excluding carboxylic acids is 1. The van der Waals surface area contributed by atoms with E-state index in [9.17, 15) is 9.59 Å². The van der Waals surface area contributed by atoms with Gasteiger partial charge in [0.25, 0.3) is 0 Å². The summed E-state index contributed by atoms with van der Waals surface area (Å²) in [7, 11) is 0. The van der Waals surface area contributed by atoms with E-state index in [1.54, 1.807) is 4.90 Å². The Morgan fingerprint density at radius 2 is 1.83 bits per heavy atom. The molecule has 2 fully saturated rings. The molecule has 2 saturated heterocycles. The van der Waals surface area contributed by atoms with Gasteiger partial charge in [-0.25, -0.2) is 4.79 Å². The number of amides is 2. The molecule has 0 aromatic rings. The molecule has 6 nitrogen and oxygen atoms in total. The lowest BCUT2D eigenvalue weighted by molar-refractivity contribution is -0.146. The minimum Gasteiger partial charge on any atom is -0.481 e. The second kappa shape index (κ2) is 6.04. The second-order valence-electron chi connectivity index (χ2n) is 5.07. The zero-order valence-corrected chi connectivity index (χ0v) is 10.6. The van der Waals surface area contributed by atoms with Gasteiger partial charge >= 0.3 is 12.0 Å². The first kappa shape index (κ1) is 13.1. The Bertz CT molecular complexity index is 310. The number of urea groups is 1. The number of hydrogen-bond acceptors (Lipinski definition) is 3. The van der Waals surface area contributed by atoms with Crippen molar-refractivity contribution in [3.63, 3.8) is 0 Å². The van der Waals surface area contributed by atoms with Gasteiger partial charge in [-0.15, -0.1) is 0 Å². The van der Waals surface area contributed by atoms with E-state index in [0.717, 1.165) is 19.6 Å². The Kier molecular flexibility index (Phi) is 4.41. The van der Waals surface area contributed by atoms with Crippen LogP contribution in [0.1, 0.15) is 19.3 Å². The van der Waals surface area contributed by atoms with Crippen LogP contribution in [0.2, 0.25) is 0 Å². The van der Waals surface area contributed by atoms with E-state index in [4.69, 9.17) is 5.11 Å². The molecule has 102 valence electrons. The molecule has 2 aliphatic rings. The van der Waals surface area contributed by atoms with Gasteiger partial charge in [-0.3, -0.25) is 4.79 Å². The third-order valence-corrected chi connectivity index (χ3v) is 3.67. The maximum Gasteiger partial charge on any atom is 0.317 e. The quantitative estimate of drug-likeness (QED) is 0.752. The molecule has 2 heterocycles. The molecule has 6 heteroatoms. The molecule has 2 rings (SSSR count). The van der Waals surface area contributed by atoms with Crippen LogP contribution < -0.4 is 5.32 Å². The molecule has 2 amide bonds. The van der Waals surface area contributed by atoms with Crippen LogP contribution in [0.15, 0.2) is 0 Å². The van der Waals surface area contributed by atoms with Gasteiger partial charge in [-0.1, -0.05) is 6.42 Å². The lowest BCUT2D eigenvalue weighted by Gasteiger charge is -2.36. The number of carbonyl (C=O) groups is 2. The highest BCUT2D eigenvalue weighted by Gasteiger charge is 2.35. The van der Waals surface area contributed by atoms with Crippen molar-refractivity contribution < 1.29 is 14.7 Å². The summed E-state index contributed by atoms with van der Waals surface area (Å²) in [4.78, 5) is 26.2. The number of carboxylic acid groups (broad SMARTS) is 1. The zero-order chi connectivity index (χ0) is 13.0. The number of likely N-dealkylation sites (tertiary alicyclic amines) is 2. The second-order valence-corrected chi connectivity index (χ2v) is 5.07. The molecule has 0 aromatic carbocycles. The Morgan fingerprint density at radius 3 is 2.44 bits per heavy atom. The fourth-order valence-electron chi connectivity index (χ4n) is 2.42. The Morgan fingerprint density at radius 1 is 1.17 bits per heavy atom. The molecular weight excluding hydrogens is 234 g/mol. The van der Waals surface area contributed by atoms with Crippen molar-refractivity contribution in [3.8, 4) is 0 Å². The highest BCUT2D eigenvalue weighted by molar-refractivity contribution is 5.79. The van der Waals surface area contributed by atoms with Gasteiger partial charge in [-0.05, 0) is 25.9 Å². The molecule has 0 atom stereocenters. The molecule has 0 radical (unpaired) electrons. The molecule has 0 aliphatic carbocycles. The summed E-state index contributed by atoms with van der Waals surface area (Å²) in [5, 5.41) is 11.6. The van der Waals surface area contributed by atoms with E-state index in [2.05, 4.69) is 10.2 Å². The summed E-state index contributed by atoms with van der Waals surface area (Å²) < 4.78 is 0. The van der Waals surface area contributed by atoms with Crippen molar-refractivity contribution in [2.24, 2.45) is 5.92 Å². The maximum absolute atomic E-state index is 11.6. The lowest BCUT2D eigenvalue weighted by Crippen LogP contribution is -2.56. The van der Waals surface area contributed by atoms with Gasteiger partial charge in [0.2, 0.25) is 0 Å². The van der Waals surface area contributed by atoms with Crippen LogP contribution in [0, 0.1) is 5.92 Å². The van der Waals surface area contributed by atoms with E-state index in [1.165, 1.54) is 19.3 Å². The molecule has 18 heavy (non-hydrogen) atoms. The summed E-state index contributed by atoms with van der Waals surface area (Å²) in [6.07, 6.45) is 3.81. The smallest absolute Gasteiger partial charge is 0.317 e. The minimum absolute atomic E-state index is 0.135. The first-order chi connectivity index (χ1) is 8.66. The van der Waals surface area contributed by atoms with Gasteiger partial charge in [0, 0.05) is 26.2 Å².